The Hall–Kier alpha value is -1.69. The minimum Gasteiger partial charge on any atom is -0.460 e. The number of carbonyl (C=O) groups excluding carboxylic acids is 1. The molecule has 0 aliphatic carbocycles. The Labute approximate surface area is 154 Å². The molecule has 2 aromatic rings. The summed E-state index contributed by atoms with van der Waals surface area (Å²) in [6.45, 7) is 0.997. The standard InChI is InChI=1S/C18H15Cl2F2NO2/c19-14-3-1-5-16(21)12(14)9-23-7-11(8-23)18(24)25-10-13-15(20)4-2-6-17(13)22/h1-6,11H,7-10H2. The molecule has 0 saturated carbocycles. The maximum atomic E-state index is 13.8. The second-order valence-corrected chi connectivity index (χ2v) is 6.71. The molecule has 0 aromatic heterocycles. The Bertz CT molecular complexity index is 754. The molecule has 25 heavy (non-hydrogen) atoms. The normalized spacial score (nSPS) is 15.0. The van der Waals surface area contributed by atoms with Crippen molar-refractivity contribution in [2.75, 3.05) is 13.1 Å². The van der Waals surface area contributed by atoms with Crippen LogP contribution in [0.4, 0.5) is 8.78 Å². The Balaban J connectivity index is 1.50. The molecule has 0 radical (unpaired) electrons. The molecule has 3 rings (SSSR count). The molecule has 1 heterocycles. The number of likely N-dealkylation sites (tertiary alicyclic amines) is 1. The van der Waals surface area contributed by atoms with Gasteiger partial charge in [-0.25, -0.2) is 8.78 Å². The minimum absolute atomic E-state index is 0.159. The summed E-state index contributed by atoms with van der Waals surface area (Å²) >= 11 is 11.9. The van der Waals surface area contributed by atoms with Gasteiger partial charge in [-0.1, -0.05) is 35.3 Å². The number of nitrogens with zero attached hydrogens (tertiary/aromatic N) is 1. The molecular formula is C18H15Cl2F2NO2. The highest BCUT2D eigenvalue weighted by Crippen LogP contribution is 2.26. The summed E-state index contributed by atoms with van der Waals surface area (Å²) < 4.78 is 32.6. The molecule has 0 atom stereocenters. The number of hydrogen-bond donors (Lipinski definition) is 0. The fourth-order valence-corrected chi connectivity index (χ4v) is 3.13. The van der Waals surface area contributed by atoms with E-state index in [9.17, 15) is 13.6 Å². The summed E-state index contributed by atoms with van der Waals surface area (Å²) in [4.78, 5) is 13.9. The lowest BCUT2D eigenvalue weighted by molar-refractivity contribution is -0.156. The summed E-state index contributed by atoms with van der Waals surface area (Å²) in [5, 5.41) is 0.581. The van der Waals surface area contributed by atoms with Crippen molar-refractivity contribution in [1.82, 2.24) is 4.90 Å². The van der Waals surface area contributed by atoms with Gasteiger partial charge in [0, 0.05) is 35.8 Å². The zero-order valence-corrected chi connectivity index (χ0v) is 14.7. The van der Waals surface area contributed by atoms with E-state index in [0.717, 1.165) is 0 Å². The van der Waals surface area contributed by atoms with Crippen LogP contribution >= 0.6 is 23.2 Å². The number of halogens is 4. The second kappa shape index (κ2) is 7.68. The van der Waals surface area contributed by atoms with E-state index in [1.165, 1.54) is 24.3 Å². The van der Waals surface area contributed by atoms with Crippen LogP contribution in [0, 0.1) is 17.6 Å². The molecule has 1 aliphatic heterocycles. The van der Waals surface area contributed by atoms with Crippen LogP contribution in [0.1, 0.15) is 11.1 Å². The fraction of sp³-hybridized carbons (Fsp3) is 0.278. The lowest BCUT2D eigenvalue weighted by atomic mass is 9.99. The van der Waals surface area contributed by atoms with E-state index in [4.69, 9.17) is 27.9 Å². The first-order valence-corrected chi connectivity index (χ1v) is 8.46. The highest BCUT2D eigenvalue weighted by atomic mass is 35.5. The van der Waals surface area contributed by atoms with E-state index in [1.54, 1.807) is 12.1 Å². The van der Waals surface area contributed by atoms with E-state index in [2.05, 4.69) is 0 Å². The van der Waals surface area contributed by atoms with Gasteiger partial charge in [0.05, 0.1) is 10.9 Å². The Kier molecular flexibility index (Phi) is 5.57. The van der Waals surface area contributed by atoms with Gasteiger partial charge in [-0.2, -0.15) is 0 Å². The smallest absolute Gasteiger partial charge is 0.311 e. The quantitative estimate of drug-likeness (QED) is 0.712. The van der Waals surface area contributed by atoms with Gasteiger partial charge in [0.15, 0.2) is 0 Å². The lowest BCUT2D eigenvalue weighted by Crippen LogP contribution is -2.50. The van der Waals surface area contributed by atoms with Crippen LogP contribution in [0.2, 0.25) is 10.0 Å². The molecule has 0 bridgehead atoms. The second-order valence-electron chi connectivity index (χ2n) is 5.90. The molecule has 3 nitrogen and oxygen atoms in total. The highest BCUT2D eigenvalue weighted by molar-refractivity contribution is 6.31. The average molecular weight is 386 g/mol. The lowest BCUT2D eigenvalue weighted by Gasteiger charge is -2.37. The predicted molar refractivity (Wildman–Crippen MR) is 91.4 cm³/mol. The van der Waals surface area contributed by atoms with Crippen molar-refractivity contribution in [3.05, 3.63) is 69.2 Å². The third kappa shape index (κ3) is 4.11. The maximum Gasteiger partial charge on any atom is 0.311 e. The molecule has 0 unspecified atom stereocenters. The van der Waals surface area contributed by atoms with Gasteiger partial charge in [0.1, 0.15) is 18.2 Å². The van der Waals surface area contributed by atoms with Crippen molar-refractivity contribution in [2.45, 2.75) is 13.2 Å². The van der Waals surface area contributed by atoms with Gasteiger partial charge >= 0.3 is 5.97 Å². The first-order valence-electron chi connectivity index (χ1n) is 7.70. The maximum absolute atomic E-state index is 13.8. The first-order chi connectivity index (χ1) is 12.0. The molecule has 7 heteroatoms. The monoisotopic (exact) mass is 385 g/mol. The van der Waals surface area contributed by atoms with E-state index in [1.807, 2.05) is 4.90 Å². The van der Waals surface area contributed by atoms with Gasteiger partial charge in [0.25, 0.3) is 0 Å². The van der Waals surface area contributed by atoms with E-state index in [0.29, 0.717) is 30.2 Å². The van der Waals surface area contributed by atoms with Crippen LogP contribution in [0.25, 0.3) is 0 Å². The van der Waals surface area contributed by atoms with Crippen molar-refractivity contribution in [2.24, 2.45) is 5.92 Å². The first kappa shape index (κ1) is 18.1. The van der Waals surface area contributed by atoms with Crippen LogP contribution in [0.15, 0.2) is 36.4 Å². The van der Waals surface area contributed by atoms with Gasteiger partial charge in [0.2, 0.25) is 0 Å². The third-order valence-electron chi connectivity index (χ3n) is 4.15. The van der Waals surface area contributed by atoms with Crippen molar-refractivity contribution in [1.29, 1.82) is 0 Å². The molecule has 0 N–H and O–H groups in total. The van der Waals surface area contributed by atoms with Crippen LogP contribution in [-0.2, 0) is 22.7 Å². The molecule has 1 fully saturated rings. The van der Waals surface area contributed by atoms with Crippen molar-refractivity contribution in [3.8, 4) is 0 Å². The minimum atomic E-state index is -0.510. The number of hydrogen-bond acceptors (Lipinski definition) is 3. The summed E-state index contributed by atoms with van der Waals surface area (Å²) in [5.74, 6) is -1.62. The summed E-state index contributed by atoms with van der Waals surface area (Å²) in [6, 6.07) is 8.82. The number of esters is 1. The van der Waals surface area contributed by atoms with Crippen molar-refractivity contribution >= 4 is 29.2 Å². The van der Waals surface area contributed by atoms with Gasteiger partial charge in [-0.05, 0) is 24.3 Å². The van der Waals surface area contributed by atoms with Crippen LogP contribution in [0.5, 0.6) is 0 Å². The molecule has 2 aromatic carbocycles. The molecule has 1 aliphatic rings. The summed E-state index contributed by atoms with van der Waals surface area (Å²) in [7, 11) is 0. The van der Waals surface area contributed by atoms with Crippen molar-refractivity contribution < 1.29 is 18.3 Å². The predicted octanol–water partition coefficient (Wildman–Crippen LogP) is 4.45. The van der Waals surface area contributed by atoms with Crippen LogP contribution in [-0.4, -0.2) is 24.0 Å². The summed E-state index contributed by atoms with van der Waals surface area (Å²) in [5.41, 5.74) is 0.570. The van der Waals surface area contributed by atoms with Gasteiger partial charge in [-0.15, -0.1) is 0 Å². The number of benzene rings is 2. The molecule has 0 amide bonds. The number of rotatable bonds is 5. The molecule has 1 saturated heterocycles. The largest absolute Gasteiger partial charge is 0.460 e. The topological polar surface area (TPSA) is 29.5 Å². The SMILES string of the molecule is O=C(OCc1c(F)cccc1Cl)C1CN(Cc2c(F)cccc2Cl)C1. The zero-order valence-electron chi connectivity index (χ0n) is 13.1. The van der Waals surface area contributed by atoms with E-state index < -0.39 is 11.8 Å². The molecular weight excluding hydrogens is 371 g/mol. The van der Waals surface area contributed by atoms with Gasteiger partial charge < -0.3 is 4.74 Å². The fourth-order valence-electron chi connectivity index (χ4n) is 2.69. The average Bonchev–Trinajstić information content (AvgIpc) is 2.52. The molecule has 0 spiro atoms. The van der Waals surface area contributed by atoms with E-state index in [-0.39, 0.29) is 28.9 Å². The van der Waals surface area contributed by atoms with Crippen LogP contribution in [0.3, 0.4) is 0 Å². The Morgan fingerprint density at radius 1 is 1.04 bits per heavy atom. The molecule has 132 valence electrons. The van der Waals surface area contributed by atoms with Crippen molar-refractivity contribution in [3.63, 3.8) is 0 Å². The zero-order chi connectivity index (χ0) is 18.0. The van der Waals surface area contributed by atoms with E-state index >= 15 is 0 Å². The Morgan fingerprint density at radius 2 is 1.60 bits per heavy atom. The number of carbonyl (C=O) groups is 1. The van der Waals surface area contributed by atoms with Gasteiger partial charge in [-0.3, -0.25) is 9.69 Å². The highest BCUT2D eigenvalue weighted by Gasteiger charge is 2.34. The number of ether oxygens (including phenoxy) is 1. The van der Waals surface area contributed by atoms with Crippen LogP contribution < -0.4 is 0 Å². The third-order valence-corrected chi connectivity index (χ3v) is 4.86. The summed E-state index contributed by atoms with van der Waals surface area (Å²) in [6.07, 6.45) is 0. The Morgan fingerprint density at radius 3 is 2.16 bits per heavy atom.